The Balaban J connectivity index is 1.80. The van der Waals surface area contributed by atoms with Crippen molar-refractivity contribution in [3.63, 3.8) is 0 Å². The van der Waals surface area contributed by atoms with Gasteiger partial charge >= 0.3 is 5.97 Å². The fourth-order valence-electron chi connectivity index (χ4n) is 2.15. The number of carboxylic acids is 1. The second kappa shape index (κ2) is 5.50. The molecule has 1 aromatic heterocycles. The van der Waals surface area contributed by atoms with Crippen LogP contribution in [-0.2, 0) is 6.54 Å². The molecule has 0 aliphatic heterocycles. The van der Waals surface area contributed by atoms with Gasteiger partial charge in [-0.15, -0.1) is 0 Å². The van der Waals surface area contributed by atoms with Gasteiger partial charge in [-0.3, -0.25) is 0 Å². The van der Waals surface area contributed by atoms with Gasteiger partial charge < -0.3 is 14.8 Å². The summed E-state index contributed by atoms with van der Waals surface area (Å²) in [5.41, 5.74) is 2.71. The molecule has 0 amide bonds. The van der Waals surface area contributed by atoms with Gasteiger partial charge in [0.1, 0.15) is 5.58 Å². The molecule has 5 heteroatoms. The summed E-state index contributed by atoms with van der Waals surface area (Å²) >= 11 is 6.12. The van der Waals surface area contributed by atoms with Crippen molar-refractivity contribution in [2.24, 2.45) is 0 Å². The molecule has 0 atom stereocenters. The quantitative estimate of drug-likeness (QED) is 0.750. The molecule has 0 aliphatic rings. The highest BCUT2D eigenvalue weighted by atomic mass is 35.5. The zero-order valence-corrected chi connectivity index (χ0v) is 11.7. The van der Waals surface area contributed by atoms with E-state index in [9.17, 15) is 4.79 Å². The Bertz CT molecular complexity index is 793. The summed E-state index contributed by atoms with van der Waals surface area (Å²) in [4.78, 5) is 10.8. The van der Waals surface area contributed by atoms with E-state index in [1.807, 2.05) is 24.3 Å². The minimum Gasteiger partial charge on any atom is -0.478 e. The van der Waals surface area contributed by atoms with Crippen LogP contribution in [0.25, 0.3) is 11.0 Å². The van der Waals surface area contributed by atoms with Gasteiger partial charge in [0, 0.05) is 23.2 Å². The molecule has 3 rings (SSSR count). The van der Waals surface area contributed by atoms with Crippen LogP contribution < -0.4 is 5.32 Å². The molecule has 0 unspecified atom stereocenters. The lowest BCUT2D eigenvalue weighted by atomic mass is 10.1. The Hall–Kier alpha value is -2.46. The fraction of sp³-hybridized carbons (Fsp3) is 0.0625. The van der Waals surface area contributed by atoms with Crippen LogP contribution in [0.3, 0.4) is 0 Å². The first-order valence-electron chi connectivity index (χ1n) is 6.38. The van der Waals surface area contributed by atoms with Gasteiger partial charge in [-0.25, -0.2) is 4.79 Å². The highest BCUT2D eigenvalue weighted by Gasteiger charge is 2.11. The average molecular weight is 302 g/mol. The molecule has 0 aliphatic carbocycles. The van der Waals surface area contributed by atoms with Gasteiger partial charge in [0.15, 0.2) is 5.22 Å². The summed E-state index contributed by atoms with van der Waals surface area (Å²) in [6.45, 7) is 0.502. The summed E-state index contributed by atoms with van der Waals surface area (Å²) in [5, 5.41) is 13.4. The number of carboxylic acid groups (broad SMARTS) is 1. The molecular weight excluding hydrogens is 290 g/mol. The highest BCUT2D eigenvalue weighted by Crippen LogP contribution is 2.30. The summed E-state index contributed by atoms with van der Waals surface area (Å²) < 4.78 is 5.49. The number of para-hydroxylation sites is 1. The number of nitrogens with one attached hydrogen (secondary N) is 1. The smallest absolute Gasteiger partial charge is 0.335 e. The lowest BCUT2D eigenvalue weighted by molar-refractivity contribution is 0.0697. The van der Waals surface area contributed by atoms with E-state index < -0.39 is 5.97 Å². The zero-order valence-electron chi connectivity index (χ0n) is 11.0. The number of carbonyl (C=O) groups is 1. The van der Waals surface area contributed by atoms with Gasteiger partial charge in [0.2, 0.25) is 0 Å². The van der Waals surface area contributed by atoms with Gasteiger partial charge in [0.25, 0.3) is 0 Å². The Morgan fingerprint density at radius 3 is 2.57 bits per heavy atom. The van der Waals surface area contributed by atoms with Crippen molar-refractivity contribution in [3.8, 4) is 0 Å². The van der Waals surface area contributed by atoms with Crippen LogP contribution in [-0.4, -0.2) is 11.1 Å². The van der Waals surface area contributed by atoms with Gasteiger partial charge in [-0.2, -0.15) is 0 Å². The molecule has 0 spiro atoms. The van der Waals surface area contributed by atoms with E-state index in [1.165, 1.54) is 0 Å². The van der Waals surface area contributed by atoms with Gasteiger partial charge in [-0.05, 0) is 41.9 Å². The van der Waals surface area contributed by atoms with E-state index in [1.54, 1.807) is 24.3 Å². The number of rotatable bonds is 4. The first-order valence-corrected chi connectivity index (χ1v) is 6.76. The van der Waals surface area contributed by atoms with Gasteiger partial charge in [0.05, 0.1) is 5.56 Å². The van der Waals surface area contributed by atoms with Crippen LogP contribution >= 0.6 is 11.6 Å². The van der Waals surface area contributed by atoms with Crippen LogP contribution in [0.5, 0.6) is 0 Å². The summed E-state index contributed by atoms with van der Waals surface area (Å²) in [5.74, 6) is -0.939. The molecule has 21 heavy (non-hydrogen) atoms. The largest absolute Gasteiger partial charge is 0.478 e. The number of hydrogen-bond donors (Lipinski definition) is 2. The number of fused-ring (bicyclic) bond motifs is 1. The summed E-state index contributed by atoms with van der Waals surface area (Å²) in [6.07, 6.45) is 0. The molecule has 2 N–H and O–H groups in total. The highest BCUT2D eigenvalue weighted by molar-refractivity contribution is 6.30. The number of hydrogen-bond acceptors (Lipinski definition) is 3. The monoisotopic (exact) mass is 301 g/mol. The molecule has 0 radical (unpaired) electrons. The number of anilines is 1. The third kappa shape index (κ3) is 2.71. The van der Waals surface area contributed by atoms with E-state index in [2.05, 4.69) is 5.32 Å². The lowest BCUT2D eigenvalue weighted by Gasteiger charge is -2.06. The van der Waals surface area contributed by atoms with Crippen molar-refractivity contribution in [1.82, 2.24) is 0 Å². The molecule has 4 nitrogen and oxygen atoms in total. The molecule has 3 aromatic rings. The van der Waals surface area contributed by atoms with E-state index in [4.69, 9.17) is 21.1 Å². The van der Waals surface area contributed by atoms with Crippen molar-refractivity contribution >= 4 is 34.2 Å². The van der Waals surface area contributed by atoms with Crippen LogP contribution in [0.2, 0.25) is 5.22 Å². The third-order valence-corrected chi connectivity index (χ3v) is 3.56. The number of benzene rings is 2. The molecule has 0 fully saturated rings. The topological polar surface area (TPSA) is 62.5 Å². The first kappa shape index (κ1) is 13.5. The van der Waals surface area contributed by atoms with Crippen molar-refractivity contribution in [2.75, 3.05) is 5.32 Å². The van der Waals surface area contributed by atoms with E-state index in [0.29, 0.717) is 11.8 Å². The summed E-state index contributed by atoms with van der Waals surface area (Å²) in [7, 11) is 0. The van der Waals surface area contributed by atoms with Crippen molar-refractivity contribution in [3.05, 3.63) is 64.9 Å². The van der Waals surface area contributed by atoms with Crippen molar-refractivity contribution < 1.29 is 14.3 Å². The molecule has 106 valence electrons. The van der Waals surface area contributed by atoms with E-state index in [0.717, 1.165) is 22.2 Å². The SMILES string of the molecule is O=C(O)c1ccc(NCc2c(Cl)oc3ccccc23)cc1. The lowest BCUT2D eigenvalue weighted by Crippen LogP contribution is -2.00. The molecule has 2 aromatic carbocycles. The normalized spacial score (nSPS) is 10.7. The van der Waals surface area contributed by atoms with Crippen molar-refractivity contribution in [1.29, 1.82) is 0 Å². The minimum absolute atomic E-state index is 0.257. The average Bonchev–Trinajstić information content (AvgIpc) is 2.81. The predicted molar refractivity (Wildman–Crippen MR) is 82.0 cm³/mol. The minimum atomic E-state index is -0.939. The summed E-state index contributed by atoms with van der Waals surface area (Å²) in [6, 6.07) is 14.2. The molecular formula is C16H12ClNO3. The Kier molecular flexibility index (Phi) is 3.54. The Labute approximate surface area is 126 Å². The second-order valence-corrected chi connectivity index (χ2v) is 4.93. The van der Waals surface area contributed by atoms with E-state index >= 15 is 0 Å². The van der Waals surface area contributed by atoms with Crippen LogP contribution in [0, 0.1) is 0 Å². The molecule has 0 bridgehead atoms. The zero-order chi connectivity index (χ0) is 14.8. The fourth-order valence-corrected chi connectivity index (χ4v) is 2.41. The Morgan fingerprint density at radius 1 is 1.14 bits per heavy atom. The maximum absolute atomic E-state index is 10.8. The second-order valence-electron chi connectivity index (χ2n) is 4.59. The van der Waals surface area contributed by atoms with Crippen molar-refractivity contribution in [2.45, 2.75) is 6.54 Å². The van der Waals surface area contributed by atoms with Crippen LogP contribution in [0.4, 0.5) is 5.69 Å². The number of aromatic carboxylic acids is 1. The van der Waals surface area contributed by atoms with Crippen LogP contribution in [0.15, 0.2) is 52.9 Å². The number of furan rings is 1. The van der Waals surface area contributed by atoms with E-state index in [-0.39, 0.29) is 5.56 Å². The Morgan fingerprint density at radius 2 is 1.86 bits per heavy atom. The standard InChI is InChI=1S/C16H12ClNO3/c17-15-13(12-3-1-2-4-14(12)21-15)9-18-11-7-5-10(6-8-11)16(19)20/h1-8,18H,9H2,(H,19,20). The third-order valence-electron chi connectivity index (χ3n) is 3.25. The molecule has 0 saturated heterocycles. The predicted octanol–water partition coefficient (Wildman–Crippen LogP) is 4.40. The molecule has 1 heterocycles. The number of halogens is 1. The van der Waals surface area contributed by atoms with Gasteiger partial charge in [-0.1, -0.05) is 18.2 Å². The maximum atomic E-state index is 10.8. The van der Waals surface area contributed by atoms with Crippen LogP contribution in [0.1, 0.15) is 15.9 Å². The molecule has 0 saturated carbocycles. The maximum Gasteiger partial charge on any atom is 0.335 e. The first-order chi connectivity index (χ1) is 10.1.